The summed E-state index contributed by atoms with van der Waals surface area (Å²) in [6.45, 7) is 0.894. The number of hydrogen-bond donors (Lipinski definition) is 1. The number of rotatable bonds is 1. The summed E-state index contributed by atoms with van der Waals surface area (Å²) >= 11 is 0. The van der Waals surface area contributed by atoms with Gasteiger partial charge in [0.1, 0.15) is 0 Å². The molecule has 1 aliphatic heterocycles. The molecule has 1 fully saturated rings. The first-order chi connectivity index (χ1) is 8.38. The summed E-state index contributed by atoms with van der Waals surface area (Å²) in [6.07, 6.45) is -3.75. The highest BCUT2D eigenvalue weighted by Crippen LogP contribution is 2.29. The topological polar surface area (TPSA) is 46.3 Å². The Bertz CT molecular complexity index is 465. The highest BCUT2D eigenvalue weighted by atomic mass is 35.5. The lowest BCUT2D eigenvalue weighted by atomic mass is 10.1. The number of hydrogen-bond acceptors (Lipinski definition) is 2. The molecule has 2 rings (SSSR count). The molecule has 2 N–H and O–H groups in total. The number of carbonyl (C=O) groups excluding carboxylic acids is 1. The van der Waals surface area contributed by atoms with Gasteiger partial charge in [-0.1, -0.05) is 6.07 Å². The zero-order chi connectivity index (χ0) is 13.3. The summed E-state index contributed by atoms with van der Waals surface area (Å²) in [4.78, 5) is 13.5. The van der Waals surface area contributed by atoms with Gasteiger partial charge in [0.25, 0.3) is 5.91 Å². The van der Waals surface area contributed by atoms with Crippen molar-refractivity contribution in [3.63, 3.8) is 0 Å². The molecule has 7 heteroatoms. The predicted molar refractivity (Wildman–Crippen MR) is 67.2 cm³/mol. The van der Waals surface area contributed by atoms with Crippen molar-refractivity contribution in [2.75, 3.05) is 13.1 Å². The van der Waals surface area contributed by atoms with E-state index >= 15 is 0 Å². The van der Waals surface area contributed by atoms with E-state index < -0.39 is 17.6 Å². The third-order valence-electron chi connectivity index (χ3n) is 2.95. The van der Waals surface area contributed by atoms with Crippen LogP contribution in [0.2, 0.25) is 0 Å². The Labute approximate surface area is 115 Å². The van der Waals surface area contributed by atoms with Crippen LogP contribution < -0.4 is 5.73 Å². The minimum Gasteiger partial charge on any atom is -0.337 e. The fourth-order valence-electron chi connectivity index (χ4n) is 1.98. The molecule has 1 aliphatic rings. The summed E-state index contributed by atoms with van der Waals surface area (Å²) < 4.78 is 37.6. The van der Waals surface area contributed by atoms with Crippen molar-refractivity contribution >= 4 is 18.3 Å². The first-order valence-corrected chi connectivity index (χ1v) is 5.60. The monoisotopic (exact) mass is 294 g/mol. The fraction of sp³-hybridized carbons (Fsp3) is 0.417. The lowest BCUT2D eigenvalue weighted by Gasteiger charge is -2.16. The molecular weight excluding hydrogens is 281 g/mol. The zero-order valence-electron chi connectivity index (χ0n) is 9.98. The summed E-state index contributed by atoms with van der Waals surface area (Å²) in [7, 11) is 0. The van der Waals surface area contributed by atoms with Crippen molar-refractivity contribution < 1.29 is 18.0 Å². The lowest BCUT2D eigenvalue weighted by molar-refractivity contribution is -0.137. The number of alkyl halides is 3. The Morgan fingerprint density at radius 3 is 2.58 bits per heavy atom. The number of nitrogens with two attached hydrogens (primary N) is 1. The van der Waals surface area contributed by atoms with Gasteiger partial charge in [0.15, 0.2) is 0 Å². The molecule has 0 radical (unpaired) electrons. The van der Waals surface area contributed by atoms with Crippen molar-refractivity contribution in [3.05, 3.63) is 35.4 Å². The Hall–Kier alpha value is -1.27. The minimum atomic E-state index is -4.43. The maximum atomic E-state index is 12.5. The molecule has 1 amide bonds. The molecule has 0 aromatic heterocycles. The standard InChI is InChI=1S/C12H13F3N2O.ClH/c13-12(14,15)9-3-1-2-8(6-9)11(18)17-5-4-10(16)7-17;/h1-3,6,10H,4-5,7,16H2;1H. The van der Waals surface area contributed by atoms with Gasteiger partial charge in [-0.2, -0.15) is 13.2 Å². The van der Waals surface area contributed by atoms with E-state index in [9.17, 15) is 18.0 Å². The number of carbonyl (C=O) groups is 1. The molecular formula is C12H14ClF3N2O. The molecule has 106 valence electrons. The van der Waals surface area contributed by atoms with Crippen molar-refractivity contribution in [2.24, 2.45) is 5.73 Å². The van der Waals surface area contributed by atoms with Crippen LogP contribution in [-0.4, -0.2) is 29.9 Å². The van der Waals surface area contributed by atoms with Crippen LogP contribution in [0.5, 0.6) is 0 Å². The molecule has 1 saturated heterocycles. The van der Waals surface area contributed by atoms with Crippen LogP contribution in [0.25, 0.3) is 0 Å². The van der Waals surface area contributed by atoms with Crippen molar-refractivity contribution in [2.45, 2.75) is 18.6 Å². The summed E-state index contributed by atoms with van der Waals surface area (Å²) in [6, 6.07) is 4.38. The average Bonchev–Trinajstić information content (AvgIpc) is 2.74. The number of nitrogens with zero attached hydrogens (tertiary/aromatic N) is 1. The van der Waals surface area contributed by atoms with E-state index in [4.69, 9.17) is 5.73 Å². The molecule has 1 aromatic carbocycles. The lowest BCUT2D eigenvalue weighted by Crippen LogP contribution is -2.32. The van der Waals surface area contributed by atoms with Gasteiger partial charge in [0, 0.05) is 24.7 Å². The second kappa shape index (κ2) is 5.79. The Morgan fingerprint density at radius 1 is 1.37 bits per heavy atom. The Balaban J connectivity index is 0.00000180. The smallest absolute Gasteiger partial charge is 0.337 e. The third-order valence-corrected chi connectivity index (χ3v) is 2.95. The van der Waals surface area contributed by atoms with E-state index in [1.807, 2.05) is 0 Å². The van der Waals surface area contributed by atoms with Crippen LogP contribution in [0.4, 0.5) is 13.2 Å². The van der Waals surface area contributed by atoms with Crippen LogP contribution in [0.15, 0.2) is 24.3 Å². The molecule has 0 spiro atoms. The molecule has 0 saturated carbocycles. The van der Waals surface area contributed by atoms with Crippen LogP contribution in [0.3, 0.4) is 0 Å². The van der Waals surface area contributed by atoms with Crippen LogP contribution in [-0.2, 0) is 6.18 Å². The predicted octanol–water partition coefficient (Wildman–Crippen LogP) is 2.30. The second-order valence-corrected chi connectivity index (χ2v) is 4.38. The molecule has 0 aliphatic carbocycles. The van der Waals surface area contributed by atoms with Gasteiger partial charge >= 0.3 is 6.18 Å². The van der Waals surface area contributed by atoms with E-state index in [1.165, 1.54) is 17.0 Å². The van der Waals surface area contributed by atoms with Crippen LogP contribution in [0, 0.1) is 0 Å². The van der Waals surface area contributed by atoms with Gasteiger partial charge in [-0.15, -0.1) is 12.4 Å². The first kappa shape index (κ1) is 15.8. The number of halogens is 4. The molecule has 1 unspecified atom stereocenters. The summed E-state index contributed by atoms with van der Waals surface area (Å²) in [5.74, 6) is -0.394. The SMILES string of the molecule is Cl.NC1CCN(C(=O)c2cccc(C(F)(F)F)c2)C1. The molecule has 19 heavy (non-hydrogen) atoms. The Kier molecular flexibility index (Phi) is 4.81. The van der Waals surface area contributed by atoms with Crippen molar-refractivity contribution in [1.29, 1.82) is 0 Å². The Morgan fingerprint density at radius 2 is 2.05 bits per heavy atom. The van der Waals surface area contributed by atoms with Crippen molar-refractivity contribution in [3.8, 4) is 0 Å². The summed E-state index contributed by atoms with van der Waals surface area (Å²) in [5, 5.41) is 0. The van der Waals surface area contributed by atoms with E-state index in [2.05, 4.69) is 0 Å². The first-order valence-electron chi connectivity index (χ1n) is 5.60. The largest absolute Gasteiger partial charge is 0.416 e. The van der Waals surface area contributed by atoms with E-state index in [0.717, 1.165) is 12.1 Å². The van der Waals surface area contributed by atoms with E-state index in [-0.39, 0.29) is 24.0 Å². The van der Waals surface area contributed by atoms with Crippen molar-refractivity contribution in [1.82, 2.24) is 4.90 Å². The van der Waals surface area contributed by atoms with Gasteiger partial charge < -0.3 is 10.6 Å². The maximum absolute atomic E-state index is 12.5. The zero-order valence-corrected chi connectivity index (χ0v) is 10.8. The number of benzene rings is 1. The quantitative estimate of drug-likeness (QED) is 0.864. The number of likely N-dealkylation sites (tertiary alicyclic amines) is 1. The van der Waals surface area contributed by atoms with Gasteiger partial charge in [-0.05, 0) is 24.6 Å². The molecule has 1 atom stereocenters. The van der Waals surface area contributed by atoms with Gasteiger partial charge in [0.2, 0.25) is 0 Å². The normalized spacial score (nSPS) is 19.2. The van der Waals surface area contributed by atoms with Gasteiger partial charge in [-0.25, -0.2) is 0 Å². The minimum absolute atomic E-state index is 0. The second-order valence-electron chi connectivity index (χ2n) is 4.38. The third kappa shape index (κ3) is 3.61. The average molecular weight is 295 g/mol. The van der Waals surface area contributed by atoms with E-state index in [0.29, 0.717) is 19.5 Å². The summed E-state index contributed by atoms with van der Waals surface area (Å²) in [5.41, 5.74) is 4.91. The highest BCUT2D eigenvalue weighted by molar-refractivity contribution is 5.94. The van der Waals surface area contributed by atoms with Gasteiger partial charge in [-0.3, -0.25) is 4.79 Å². The number of amides is 1. The molecule has 1 heterocycles. The molecule has 0 bridgehead atoms. The van der Waals surface area contributed by atoms with Gasteiger partial charge in [0.05, 0.1) is 5.56 Å². The highest BCUT2D eigenvalue weighted by Gasteiger charge is 2.32. The van der Waals surface area contributed by atoms with Crippen LogP contribution >= 0.6 is 12.4 Å². The van der Waals surface area contributed by atoms with E-state index in [1.54, 1.807) is 0 Å². The maximum Gasteiger partial charge on any atom is 0.416 e. The van der Waals surface area contributed by atoms with Crippen LogP contribution in [0.1, 0.15) is 22.3 Å². The molecule has 1 aromatic rings. The molecule has 3 nitrogen and oxygen atoms in total. The fourth-order valence-corrected chi connectivity index (χ4v) is 1.98.